The fraction of sp³-hybridized carbons (Fsp3) is 0.350. The Morgan fingerprint density at radius 1 is 0.905 bits per heavy atom. The third-order valence-electron chi connectivity index (χ3n) is 5.17. The van der Waals surface area contributed by atoms with E-state index < -0.39 is 0 Å². The van der Waals surface area contributed by atoms with Crippen LogP contribution in [0.3, 0.4) is 0 Å². The Morgan fingerprint density at radius 3 is 2.48 bits per heavy atom. The fourth-order valence-corrected chi connectivity index (χ4v) is 3.96. The van der Waals surface area contributed by atoms with E-state index in [9.17, 15) is 4.79 Å². The molecule has 1 atom stereocenters. The molecule has 1 nitrogen and oxygen atoms in total. The summed E-state index contributed by atoms with van der Waals surface area (Å²) in [5.41, 5.74) is 9.28. The number of carbonyl (C=O) groups is 1. The molecule has 21 heavy (non-hydrogen) atoms. The minimum Gasteiger partial charge on any atom is -0.294 e. The van der Waals surface area contributed by atoms with Gasteiger partial charge in [0, 0.05) is 11.5 Å². The highest BCUT2D eigenvalue weighted by Crippen LogP contribution is 2.39. The van der Waals surface area contributed by atoms with Gasteiger partial charge < -0.3 is 0 Å². The van der Waals surface area contributed by atoms with Gasteiger partial charge in [0.25, 0.3) is 0 Å². The third kappa shape index (κ3) is 1.87. The van der Waals surface area contributed by atoms with Gasteiger partial charge in [-0.1, -0.05) is 42.8 Å². The molecule has 0 fully saturated rings. The number of rotatable bonds is 0. The van der Waals surface area contributed by atoms with E-state index in [1.807, 2.05) is 0 Å². The van der Waals surface area contributed by atoms with Crippen molar-refractivity contribution in [3.8, 4) is 11.1 Å². The smallest absolute Gasteiger partial charge is 0.165 e. The molecule has 0 bridgehead atoms. The van der Waals surface area contributed by atoms with Crippen LogP contribution in [0.25, 0.3) is 11.1 Å². The minimum atomic E-state index is 0.189. The molecule has 0 radical (unpaired) electrons. The first-order valence-electron chi connectivity index (χ1n) is 7.94. The van der Waals surface area contributed by atoms with E-state index in [4.69, 9.17) is 0 Å². The zero-order valence-corrected chi connectivity index (χ0v) is 12.7. The Morgan fingerprint density at radius 2 is 1.62 bits per heavy atom. The van der Waals surface area contributed by atoms with E-state index in [1.54, 1.807) is 0 Å². The van der Waals surface area contributed by atoms with Crippen LogP contribution in [0.4, 0.5) is 0 Å². The molecule has 0 saturated carbocycles. The summed E-state index contributed by atoms with van der Waals surface area (Å²) >= 11 is 0. The van der Waals surface area contributed by atoms with Crippen LogP contribution in [-0.4, -0.2) is 5.78 Å². The predicted molar refractivity (Wildman–Crippen MR) is 85.8 cm³/mol. The molecule has 0 spiro atoms. The Labute approximate surface area is 126 Å². The molecule has 0 N–H and O–H groups in total. The molecule has 106 valence electrons. The lowest BCUT2D eigenvalue weighted by molar-refractivity contribution is 0.0913. The standard InChI is InChI=1S/C20H20O/c1-12-3-6-15-14(11-12)5-8-17-16(15)9-10-19-18(17)7-4-13(2)20(19)21/h3,6,9-11,13H,4-5,7-8H2,1-2H3. The van der Waals surface area contributed by atoms with Crippen LogP contribution in [0.15, 0.2) is 30.3 Å². The number of fused-ring (bicyclic) bond motifs is 5. The van der Waals surface area contributed by atoms with Gasteiger partial charge in [0.2, 0.25) is 0 Å². The summed E-state index contributed by atoms with van der Waals surface area (Å²) in [6.45, 7) is 4.21. The molecular formula is C20H20O. The minimum absolute atomic E-state index is 0.189. The average molecular weight is 276 g/mol. The van der Waals surface area contributed by atoms with Crippen molar-refractivity contribution in [3.05, 3.63) is 58.1 Å². The number of Topliss-reactive ketones (excluding diaryl/α,β-unsaturated/α-hetero) is 1. The van der Waals surface area contributed by atoms with E-state index >= 15 is 0 Å². The maximum atomic E-state index is 12.4. The average Bonchev–Trinajstić information content (AvgIpc) is 2.49. The van der Waals surface area contributed by atoms with Crippen LogP contribution in [0.1, 0.15) is 46.0 Å². The van der Waals surface area contributed by atoms with E-state index in [0.717, 1.165) is 31.2 Å². The summed E-state index contributed by atoms with van der Waals surface area (Å²) in [4.78, 5) is 12.4. The predicted octanol–water partition coefficient (Wildman–Crippen LogP) is 4.53. The van der Waals surface area contributed by atoms with Crippen molar-refractivity contribution >= 4 is 5.78 Å². The van der Waals surface area contributed by atoms with Crippen LogP contribution >= 0.6 is 0 Å². The van der Waals surface area contributed by atoms with Crippen LogP contribution in [-0.2, 0) is 19.3 Å². The summed E-state index contributed by atoms with van der Waals surface area (Å²) in [7, 11) is 0. The highest BCUT2D eigenvalue weighted by molar-refractivity contribution is 6.01. The number of hydrogen-bond donors (Lipinski definition) is 0. The molecular weight excluding hydrogens is 256 g/mol. The number of hydrogen-bond acceptors (Lipinski definition) is 1. The van der Waals surface area contributed by atoms with E-state index in [0.29, 0.717) is 5.78 Å². The highest BCUT2D eigenvalue weighted by Gasteiger charge is 2.28. The molecule has 0 aliphatic heterocycles. The second kappa shape index (κ2) is 4.56. The molecule has 0 heterocycles. The Kier molecular flexibility index (Phi) is 2.78. The summed E-state index contributed by atoms with van der Waals surface area (Å²) in [6.07, 6.45) is 4.25. The zero-order chi connectivity index (χ0) is 14.6. The SMILES string of the molecule is Cc1ccc2c(c1)CCc1c-2ccc2c1CCC(C)C2=O. The van der Waals surface area contributed by atoms with Gasteiger partial charge in [-0.15, -0.1) is 0 Å². The van der Waals surface area contributed by atoms with Crippen molar-refractivity contribution in [1.29, 1.82) is 0 Å². The molecule has 2 aliphatic carbocycles. The van der Waals surface area contributed by atoms with Gasteiger partial charge in [-0.2, -0.15) is 0 Å². The second-order valence-corrected chi connectivity index (χ2v) is 6.58. The lowest BCUT2D eigenvalue weighted by Crippen LogP contribution is -2.22. The van der Waals surface area contributed by atoms with Crippen molar-refractivity contribution in [2.24, 2.45) is 5.92 Å². The lowest BCUT2D eigenvalue weighted by atomic mass is 9.75. The maximum Gasteiger partial charge on any atom is 0.165 e. The third-order valence-corrected chi connectivity index (χ3v) is 5.17. The Hall–Kier alpha value is -1.89. The molecule has 0 saturated heterocycles. The molecule has 0 aromatic heterocycles. The van der Waals surface area contributed by atoms with Gasteiger partial charge in [-0.05, 0) is 60.4 Å². The molecule has 1 heteroatoms. The molecule has 4 rings (SSSR count). The number of carbonyl (C=O) groups excluding carboxylic acids is 1. The van der Waals surface area contributed by atoms with Gasteiger partial charge in [0.1, 0.15) is 0 Å². The van der Waals surface area contributed by atoms with Crippen LogP contribution < -0.4 is 0 Å². The normalized spacial score (nSPS) is 19.7. The monoisotopic (exact) mass is 276 g/mol. The zero-order valence-electron chi connectivity index (χ0n) is 12.7. The first-order chi connectivity index (χ1) is 10.1. The first-order valence-corrected chi connectivity index (χ1v) is 7.94. The fourth-order valence-electron chi connectivity index (χ4n) is 3.96. The van der Waals surface area contributed by atoms with Gasteiger partial charge >= 0.3 is 0 Å². The van der Waals surface area contributed by atoms with E-state index in [1.165, 1.54) is 33.4 Å². The van der Waals surface area contributed by atoms with E-state index in [-0.39, 0.29) is 5.92 Å². The number of benzene rings is 2. The largest absolute Gasteiger partial charge is 0.294 e. The summed E-state index contributed by atoms with van der Waals surface area (Å²) in [5, 5.41) is 0. The highest BCUT2D eigenvalue weighted by atomic mass is 16.1. The summed E-state index contributed by atoms with van der Waals surface area (Å²) in [6, 6.07) is 11.0. The maximum absolute atomic E-state index is 12.4. The Balaban J connectivity index is 1.92. The van der Waals surface area contributed by atoms with Gasteiger partial charge in [0.05, 0.1) is 0 Å². The van der Waals surface area contributed by atoms with Crippen molar-refractivity contribution in [2.75, 3.05) is 0 Å². The molecule has 2 aromatic carbocycles. The molecule has 2 aromatic rings. The van der Waals surface area contributed by atoms with Crippen LogP contribution in [0, 0.1) is 12.8 Å². The van der Waals surface area contributed by atoms with Gasteiger partial charge in [-0.25, -0.2) is 0 Å². The first kappa shape index (κ1) is 12.8. The van der Waals surface area contributed by atoms with Crippen molar-refractivity contribution < 1.29 is 4.79 Å². The van der Waals surface area contributed by atoms with E-state index in [2.05, 4.69) is 44.2 Å². The number of ketones is 1. The van der Waals surface area contributed by atoms with Crippen LogP contribution in [0.5, 0.6) is 0 Å². The second-order valence-electron chi connectivity index (χ2n) is 6.58. The molecule has 2 aliphatic rings. The quantitative estimate of drug-likeness (QED) is 0.691. The van der Waals surface area contributed by atoms with Gasteiger partial charge in [0.15, 0.2) is 5.78 Å². The lowest BCUT2D eigenvalue weighted by Gasteiger charge is -2.28. The summed E-state index contributed by atoms with van der Waals surface area (Å²) in [5.74, 6) is 0.530. The van der Waals surface area contributed by atoms with Crippen LogP contribution in [0.2, 0.25) is 0 Å². The topological polar surface area (TPSA) is 17.1 Å². The summed E-state index contributed by atoms with van der Waals surface area (Å²) < 4.78 is 0. The van der Waals surface area contributed by atoms with Crippen molar-refractivity contribution in [1.82, 2.24) is 0 Å². The Bertz CT molecular complexity index is 755. The van der Waals surface area contributed by atoms with Gasteiger partial charge in [-0.3, -0.25) is 4.79 Å². The number of aryl methyl sites for hydroxylation is 2. The molecule has 1 unspecified atom stereocenters. The van der Waals surface area contributed by atoms with Crippen molar-refractivity contribution in [3.63, 3.8) is 0 Å². The molecule has 0 amide bonds. The van der Waals surface area contributed by atoms with Crippen molar-refractivity contribution in [2.45, 2.75) is 39.5 Å².